The van der Waals surface area contributed by atoms with Crippen LogP contribution in [0.2, 0.25) is 0 Å². The van der Waals surface area contributed by atoms with E-state index in [9.17, 15) is 4.79 Å². The molecule has 1 fully saturated rings. The van der Waals surface area contributed by atoms with E-state index in [1.165, 1.54) is 32.1 Å². The van der Waals surface area contributed by atoms with Crippen LogP contribution in [0.3, 0.4) is 0 Å². The minimum Gasteiger partial charge on any atom is -0.496 e. The van der Waals surface area contributed by atoms with E-state index in [-0.39, 0.29) is 5.91 Å². The van der Waals surface area contributed by atoms with E-state index in [4.69, 9.17) is 4.74 Å². The summed E-state index contributed by atoms with van der Waals surface area (Å²) in [4.78, 5) is 12.2. The number of carbonyl (C=O) groups excluding carboxylic acids is 1. The average molecular weight is 275 g/mol. The highest BCUT2D eigenvalue weighted by atomic mass is 16.5. The zero-order chi connectivity index (χ0) is 14.4. The van der Waals surface area contributed by atoms with Gasteiger partial charge in [0, 0.05) is 6.54 Å². The molecule has 3 nitrogen and oxygen atoms in total. The van der Waals surface area contributed by atoms with Crippen LogP contribution in [-0.2, 0) is 0 Å². The lowest BCUT2D eigenvalue weighted by molar-refractivity contribution is 0.0949. The molecular formula is C17H25NO2. The predicted octanol–water partition coefficient (Wildman–Crippen LogP) is 3.70. The second kappa shape index (κ2) is 7.32. The maximum absolute atomic E-state index is 12.2. The van der Waals surface area contributed by atoms with Gasteiger partial charge in [0.15, 0.2) is 0 Å². The number of ether oxygens (including phenoxy) is 1. The summed E-state index contributed by atoms with van der Waals surface area (Å²) in [5, 5.41) is 3.01. The fourth-order valence-electron chi connectivity index (χ4n) is 2.99. The molecule has 20 heavy (non-hydrogen) atoms. The second-order valence-electron chi connectivity index (χ2n) is 5.75. The van der Waals surface area contributed by atoms with Gasteiger partial charge in [0.2, 0.25) is 0 Å². The molecule has 3 heteroatoms. The van der Waals surface area contributed by atoms with Gasteiger partial charge in [0.25, 0.3) is 5.91 Å². The van der Waals surface area contributed by atoms with Crippen LogP contribution >= 0.6 is 0 Å². The fourth-order valence-corrected chi connectivity index (χ4v) is 2.99. The molecule has 1 saturated carbocycles. The van der Waals surface area contributed by atoms with Gasteiger partial charge in [-0.25, -0.2) is 0 Å². The van der Waals surface area contributed by atoms with Crippen LogP contribution in [0.4, 0.5) is 0 Å². The predicted molar refractivity (Wildman–Crippen MR) is 81.3 cm³/mol. The van der Waals surface area contributed by atoms with E-state index >= 15 is 0 Å². The summed E-state index contributed by atoms with van der Waals surface area (Å²) >= 11 is 0. The summed E-state index contributed by atoms with van der Waals surface area (Å²) in [5.74, 6) is 1.50. The Balaban J connectivity index is 1.80. The van der Waals surface area contributed by atoms with Crippen molar-refractivity contribution in [3.63, 3.8) is 0 Å². The number of nitrogens with one attached hydrogen (secondary N) is 1. The smallest absolute Gasteiger partial charge is 0.255 e. The van der Waals surface area contributed by atoms with E-state index in [1.807, 2.05) is 25.1 Å². The molecule has 1 aliphatic rings. The lowest BCUT2D eigenvalue weighted by atomic mass is 10.0. The Morgan fingerprint density at radius 1 is 1.35 bits per heavy atom. The summed E-state index contributed by atoms with van der Waals surface area (Å²) in [6, 6.07) is 5.68. The third kappa shape index (κ3) is 3.99. The summed E-state index contributed by atoms with van der Waals surface area (Å²) in [6.07, 6.45) is 7.84. The highest BCUT2D eigenvalue weighted by molar-refractivity contribution is 5.97. The molecule has 1 aliphatic carbocycles. The molecule has 1 amide bonds. The first-order valence-corrected chi connectivity index (χ1v) is 7.63. The molecule has 1 aromatic carbocycles. The SMILES string of the molecule is COc1ccc(C)cc1C(=O)NCCCC1CCCC1. The van der Waals surface area contributed by atoms with Gasteiger partial charge in [-0.3, -0.25) is 4.79 Å². The molecule has 1 N–H and O–H groups in total. The van der Waals surface area contributed by atoms with Crippen molar-refractivity contribution < 1.29 is 9.53 Å². The molecule has 0 aliphatic heterocycles. The third-order valence-electron chi connectivity index (χ3n) is 4.15. The highest BCUT2D eigenvalue weighted by Crippen LogP contribution is 2.28. The van der Waals surface area contributed by atoms with Gasteiger partial charge in [-0.15, -0.1) is 0 Å². The molecule has 1 aromatic rings. The third-order valence-corrected chi connectivity index (χ3v) is 4.15. The molecule has 0 aromatic heterocycles. The zero-order valence-corrected chi connectivity index (χ0v) is 12.6. The van der Waals surface area contributed by atoms with Crippen LogP contribution < -0.4 is 10.1 Å². The van der Waals surface area contributed by atoms with Crippen LogP contribution in [0.15, 0.2) is 18.2 Å². The Morgan fingerprint density at radius 2 is 2.10 bits per heavy atom. The summed E-state index contributed by atoms with van der Waals surface area (Å²) in [6.45, 7) is 2.74. The van der Waals surface area contributed by atoms with E-state index in [0.29, 0.717) is 11.3 Å². The molecule has 0 spiro atoms. The minimum absolute atomic E-state index is 0.0306. The van der Waals surface area contributed by atoms with E-state index in [0.717, 1.165) is 24.4 Å². The monoisotopic (exact) mass is 275 g/mol. The number of methoxy groups -OCH3 is 1. The van der Waals surface area contributed by atoms with Crippen molar-refractivity contribution >= 4 is 5.91 Å². The molecule has 0 heterocycles. The molecule has 0 radical (unpaired) electrons. The molecule has 0 saturated heterocycles. The summed E-state index contributed by atoms with van der Waals surface area (Å²) in [7, 11) is 1.60. The van der Waals surface area contributed by atoms with Crippen molar-refractivity contribution in [2.45, 2.75) is 45.4 Å². The Bertz CT molecular complexity index is 450. The van der Waals surface area contributed by atoms with Crippen molar-refractivity contribution in [1.82, 2.24) is 5.32 Å². The number of rotatable bonds is 6. The molecule has 0 atom stereocenters. The number of benzene rings is 1. The van der Waals surface area contributed by atoms with Crippen molar-refractivity contribution in [3.8, 4) is 5.75 Å². The normalized spacial score (nSPS) is 15.3. The largest absolute Gasteiger partial charge is 0.496 e. The maximum atomic E-state index is 12.2. The maximum Gasteiger partial charge on any atom is 0.255 e. The molecule has 0 bridgehead atoms. The minimum atomic E-state index is -0.0306. The van der Waals surface area contributed by atoms with Crippen LogP contribution in [0, 0.1) is 12.8 Å². The van der Waals surface area contributed by atoms with Gasteiger partial charge in [-0.1, -0.05) is 37.3 Å². The first-order chi connectivity index (χ1) is 9.70. The van der Waals surface area contributed by atoms with E-state index < -0.39 is 0 Å². The van der Waals surface area contributed by atoms with Gasteiger partial charge in [-0.2, -0.15) is 0 Å². The van der Waals surface area contributed by atoms with Crippen LogP contribution in [-0.4, -0.2) is 19.6 Å². The second-order valence-corrected chi connectivity index (χ2v) is 5.75. The number of hydrogen-bond acceptors (Lipinski definition) is 2. The number of aryl methyl sites for hydroxylation is 1. The molecule has 0 unspecified atom stereocenters. The lowest BCUT2D eigenvalue weighted by Gasteiger charge is -2.11. The molecular weight excluding hydrogens is 250 g/mol. The van der Waals surface area contributed by atoms with E-state index in [1.54, 1.807) is 7.11 Å². The van der Waals surface area contributed by atoms with Crippen LogP contribution in [0.25, 0.3) is 0 Å². The van der Waals surface area contributed by atoms with Crippen molar-refractivity contribution in [2.24, 2.45) is 5.92 Å². The van der Waals surface area contributed by atoms with Crippen LogP contribution in [0.1, 0.15) is 54.4 Å². The quantitative estimate of drug-likeness (QED) is 0.804. The van der Waals surface area contributed by atoms with Gasteiger partial charge in [-0.05, 0) is 37.8 Å². The first kappa shape index (κ1) is 14.9. The zero-order valence-electron chi connectivity index (χ0n) is 12.6. The Morgan fingerprint density at radius 3 is 2.80 bits per heavy atom. The van der Waals surface area contributed by atoms with Gasteiger partial charge in [0.05, 0.1) is 12.7 Å². The Hall–Kier alpha value is -1.51. The Kier molecular flexibility index (Phi) is 5.45. The van der Waals surface area contributed by atoms with E-state index in [2.05, 4.69) is 5.32 Å². The van der Waals surface area contributed by atoms with Crippen molar-refractivity contribution in [3.05, 3.63) is 29.3 Å². The molecule has 110 valence electrons. The lowest BCUT2D eigenvalue weighted by Crippen LogP contribution is -2.25. The fraction of sp³-hybridized carbons (Fsp3) is 0.588. The topological polar surface area (TPSA) is 38.3 Å². The standard InChI is InChI=1S/C17H25NO2/c1-13-9-10-16(20-2)15(12-13)17(19)18-11-5-8-14-6-3-4-7-14/h9-10,12,14H,3-8,11H2,1-2H3,(H,18,19). The highest BCUT2D eigenvalue weighted by Gasteiger charge is 2.15. The first-order valence-electron chi connectivity index (χ1n) is 7.63. The number of amides is 1. The Labute approximate surface area is 121 Å². The summed E-state index contributed by atoms with van der Waals surface area (Å²) < 4.78 is 5.25. The summed E-state index contributed by atoms with van der Waals surface area (Å²) in [5.41, 5.74) is 1.70. The van der Waals surface area contributed by atoms with Crippen molar-refractivity contribution in [2.75, 3.05) is 13.7 Å². The average Bonchev–Trinajstić information content (AvgIpc) is 2.96. The van der Waals surface area contributed by atoms with Crippen molar-refractivity contribution in [1.29, 1.82) is 0 Å². The van der Waals surface area contributed by atoms with Gasteiger partial charge >= 0.3 is 0 Å². The van der Waals surface area contributed by atoms with Gasteiger partial charge < -0.3 is 10.1 Å². The number of carbonyl (C=O) groups is 1. The van der Waals surface area contributed by atoms with Crippen LogP contribution in [0.5, 0.6) is 5.75 Å². The van der Waals surface area contributed by atoms with Gasteiger partial charge in [0.1, 0.15) is 5.75 Å². The molecule has 2 rings (SSSR count). The number of hydrogen-bond donors (Lipinski definition) is 1.